The second-order valence-corrected chi connectivity index (χ2v) is 6.02. The van der Waals surface area contributed by atoms with Gasteiger partial charge in [0, 0.05) is 19.1 Å². The Morgan fingerprint density at radius 3 is 1.79 bits per heavy atom. The van der Waals surface area contributed by atoms with Crippen molar-refractivity contribution in [1.29, 1.82) is 0 Å². The molecular weight excluding hydrogens is 302 g/mol. The number of aliphatic hydroxyl groups excluding tert-OH is 1. The highest BCUT2D eigenvalue weighted by Gasteiger charge is 2.30. The lowest BCUT2D eigenvalue weighted by molar-refractivity contribution is -0.151. The number of aliphatic carboxylic acids is 1. The largest absolute Gasteiger partial charge is 0.479 e. The lowest BCUT2D eigenvalue weighted by Gasteiger charge is -2.33. The fourth-order valence-corrected chi connectivity index (χ4v) is 2.93. The Bertz CT molecular complexity index is 574. The number of carbonyl (C=O) groups is 1. The van der Waals surface area contributed by atoms with Crippen LogP contribution in [-0.2, 0) is 17.9 Å². The summed E-state index contributed by atoms with van der Waals surface area (Å²) < 4.78 is 0. The zero-order valence-corrected chi connectivity index (χ0v) is 14.0. The average Bonchev–Trinajstić information content (AvgIpc) is 2.60. The summed E-state index contributed by atoms with van der Waals surface area (Å²) >= 11 is 0. The lowest BCUT2D eigenvalue weighted by Crippen LogP contribution is -2.46. The van der Waals surface area contributed by atoms with Crippen LogP contribution in [0, 0.1) is 0 Å². The van der Waals surface area contributed by atoms with E-state index in [-0.39, 0.29) is 0 Å². The molecule has 2 atom stereocenters. The molecule has 0 aliphatic heterocycles. The van der Waals surface area contributed by atoms with Gasteiger partial charge in [-0.3, -0.25) is 4.90 Å². The predicted molar refractivity (Wildman–Crippen MR) is 94.5 cm³/mol. The Balaban J connectivity index is 2.26. The van der Waals surface area contributed by atoms with Crippen molar-refractivity contribution in [1.82, 2.24) is 4.90 Å². The molecule has 0 aromatic heterocycles. The topological polar surface area (TPSA) is 60.8 Å². The first kappa shape index (κ1) is 18.2. The number of nitrogens with zero attached hydrogens (tertiary/aromatic N) is 1. The quantitative estimate of drug-likeness (QED) is 0.742. The van der Waals surface area contributed by atoms with E-state index in [4.69, 9.17) is 0 Å². The smallest absolute Gasteiger partial charge is 0.334 e. The molecule has 0 amide bonds. The van der Waals surface area contributed by atoms with E-state index in [0.717, 1.165) is 17.5 Å². The van der Waals surface area contributed by atoms with Gasteiger partial charge < -0.3 is 10.2 Å². The van der Waals surface area contributed by atoms with E-state index in [2.05, 4.69) is 4.90 Å². The molecule has 2 aromatic rings. The normalized spacial score (nSPS) is 13.6. The van der Waals surface area contributed by atoms with Gasteiger partial charge in [0.25, 0.3) is 0 Å². The fraction of sp³-hybridized carbons (Fsp3) is 0.350. The van der Waals surface area contributed by atoms with E-state index in [1.54, 1.807) is 0 Å². The van der Waals surface area contributed by atoms with Gasteiger partial charge >= 0.3 is 5.97 Å². The summed E-state index contributed by atoms with van der Waals surface area (Å²) in [6.07, 6.45) is 0.0553. The van der Waals surface area contributed by atoms with Crippen LogP contribution < -0.4 is 0 Å². The molecule has 2 aromatic carbocycles. The second-order valence-electron chi connectivity index (χ2n) is 6.02. The number of hydrogen-bond acceptors (Lipinski definition) is 3. The van der Waals surface area contributed by atoms with Crippen LogP contribution in [0.5, 0.6) is 0 Å². The van der Waals surface area contributed by atoms with Crippen LogP contribution in [0.15, 0.2) is 60.7 Å². The third kappa shape index (κ3) is 5.18. The highest BCUT2D eigenvalue weighted by molar-refractivity contribution is 5.72. The zero-order valence-electron chi connectivity index (χ0n) is 14.0. The van der Waals surface area contributed by atoms with E-state index in [9.17, 15) is 15.0 Å². The molecular formula is C20H25NO3. The van der Waals surface area contributed by atoms with E-state index in [0.29, 0.717) is 19.5 Å². The summed E-state index contributed by atoms with van der Waals surface area (Å²) in [4.78, 5) is 13.4. The van der Waals surface area contributed by atoms with Gasteiger partial charge in [-0.15, -0.1) is 0 Å². The molecule has 0 fully saturated rings. The molecule has 0 aliphatic rings. The fourth-order valence-electron chi connectivity index (χ4n) is 2.93. The van der Waals surface area contributed by atoms with E-state index in [1.807, 2.05) is 67.6 Å². The molecule has 4 heteroatoms. The number of benzene rings is 2. The van der Waals surface area contributed by atoms with Crippen LogP contribution in [0.4, 0.5) is 0 Å². The Kier molecular flexibility index (Phi) is 6.97. The first-order chi connectivity index (χ1) is 11.6. The molecule has 128 valence electrons. The van der Waals surface area contributed by atoms with E-state index in [1.165, 1.54) is 0 Å². The van der Waals surface area contributed by atoms with Crippen LogP contribution in [0.3, 0.4) is 0 Å². The maximum atomic E-state index is 11.3. The Morgan fingerprint density at radius 1 is 0.958 bits per heavy atom. The van der Waals surface area contributed by atoms with Gasteiger partial charge in [-0.05, 0) is 17.5 Å². The van der Waals surface area contributed by atoms with Gasteiger partial charge in [-0.2, -0.15) is 0 Å². The molecule has 24 heavy (non-hydrogen) atoms. The zero-order chi connectivity index (χ0) is 17.4. The van der Waals surface area contributed by atoms with E-state index >= 15 is 0 Å². The number of aliphatic hydroxyl groups is 1. The summed E-state index contributed by atoms with van der Waals surface area (Å²) in [5.41, 5.74) is 2.21. The second kappa shape index (κ2) is 9.21. The molecule has 0 aliphatic carbocycles. The third-order valence-electron chi connectivity index (χ3n) is 4.13. The first-order valence-electron chi connectivity index (χ1n) is 8.34. The Hall–Kier alpha value is -2.17. The van der Waals surface area contributed by atoms with Crippen molar-refractivity contribution >= 4 is 5.97 Å². The van der Waals surface area contributed by atoms with Crippen LogP contribution >= 0.6 is 0 Å². The van der Waals surface area contributed by atoms with Crippen molar-refractivity contribution in [2.75, 3.05) is 0 Å². The lowest BCUT2D eigenvalue weighted by atomic mass is 10.0. The summed E-state index contributed by atoms with van der Waals surface area (Å²) in [7, 11) is 0. The minimum atomic E-state index is -1.39. The number of carboxylic acids is 1. The van der Waals surface area contributed by atoms with Gasteiger partial charge in [0.05, 0.1) is 0 Å². The van der Waals surface area contributed by atoms with Crippen LogP contribution in [0.1, 0.15) is 30.9 Å². The van der Waals surface area contributed by atoms with Gasteiger partial charge in [0.1, 0.15) is 0 Å². The van der Waals surface area contributed by atoms with Crippen molar-refractivity contribution < 1.29 is 15.0 Å². The first-order valence-corrected chi connectivity index (χ1v) is 8.34. The van der Waals surface area contributed by atoms with Crippen molar-refractivity contribution in [2.45, 2.75) is 45.0 Å². The van der Waals surface area contributed by atoms with Crippen LogP contribution in [0.25, 0.3) is 0 Å². The van der Waals surface area contributed by atoms with Crippen LogP contribution in [0.2, 0.25) is 0 Å². The van der Waals surface area contributed by atoms with Gasteiger partial charge in [-0.25, -0.2) is 4.79 Å². The molecule has 2 unspecified atom stereocenters. The molecule has 2 rings (SSSR count). The van der Waals surface area contributed by atoms with Crippen molar-refractivity contribution in [3.8, 4) is 0 Å². The van der Waals surface area contributed by atoms with Crippen molar-refractivity contribution in [3.63, 3.8) is 0 Å². The summed E-state index contributed by atoms with van der Waals surface area (Å²) in [6.45, 7) is 3.21. The molecule has 0 radical (unpaired) electrons. The van der Waals surface area contributed by atoms with Crippen molar-refractivity contribution in [3.05, 3.63) is 71.8 Å². The minimum absolute atomic E-state index is 0.423. The molecule has 2 N–H and O–H groups in total. The highest BCUT2D eigenvalue weighted by atomic mass is 16.4. The minimum Gasteiger partial charge on any atom is -0.479 e. The predicted octanol–water partition coefficient (Wildman–Crippen LogP) is 3.30. The van der Waals surface area contributed by atoms with Gasteiger partial charge in [0.2, 0.25) is 0 Å². The average molecular weight is 327 g/mol. The number of carboxylic acid groups (broad SMARTS) is 1. The Morgan fingerprint density at radius 2 is 1.42 bits per heavy atom. The summed E-state index contributed by atoms with van der Waals surface area (Å²) in [5, 5.41) is 19.5. The monoisotopic (exact) mass is 327 g/mol. The standard InChI is InChI=1S/C20H25NO3/c1-2-9-18(19(22)20(23)24)21(14-16-10-5-3-6-11-16)15-17-12-7-4-8-13-17/h3-8,10-13,18-19,22H,2,9,14-15H2,1H3,(H,23,24). The van der Waals surface area contributed by atoms with Gasteiger partial charge in [0.15, 0.2) is 6.10 Å². The molecule has 0 saturated heterocycles. The molecule has 0 saturated carbocycles. The molecule has 0 bridgehead atoms. The highest BCUT2D eigenvalue weighted by Crippen LogP contribution is 2.19. The summed E-state index contributed by atoms with van der Waals surface area (Å²) in [6, 6.07) is 19.5. The maximum absolute atomic E-state index is 11.3. The maximum Gasteiger partial charge on any atom is 0.334 e. The third-order valence-corrected chi connectivity index (χ3v) is 4.13. The Labute approximate surface area is 143 Å². The molecule has 4 nitrogen and oxygen atoms in total. The van der Waals surface area contributed by atoms with Gasteiger partial charge in [-0.1, -0.05) is 74.0 Å². The number of rotatable bonds is 9. The summed E-state index contributed by atoms with van der Waals surface area (Å²) in [5.74, 6) is -1.17. The van der Waals surface area contributed by atoms with E-state index < -0.39 is 18.1 Å². The molecule has 0 spiro atoms. The van der Waals surface area contributed by atoms with Crippen molar-refractivity contribution in [2.24, 2.45) is 0 Å². The molecule has 0 heterocycles. The SMILES string of the molecule is CCCC(C(O)C(=O)O)N(Cc1ccccc1)Cc1ccccc1. The van der Waals surface area contributed by atoms with Crippen LogP contribution in [-0.4, -0.2) is 33.2 Å². The number of hydrogen-bond donors (Lipinski definition) is 2.